The number of nitrogens with zero attached hydrogens (tertiary/aromatic N) is 1. The number of ether oxygens (including phenoxy) is 1. The number of alkyl halides is 3. The molecule has 2 atom stereocenters. The highest BCUT2D eigenvalue weighted by Gasteiger charge is 2.55. The molecule has 0 bridgehead atoms. The third-order valence-electron chi connectivity index (χ3n) is 3.17. The molecule has 1 heterocycles. The SMILES string of the molecule is CN(CC1CCCOC1)C(=O)C(C)(N)C(F)(F)F. The third-order valence-corrected chi connectivity index (χ3v) is 3.17. The van der Waals surface area contributed by atoms with Crippen molar-refractivity contribution in [1.82, 2.24) is 4.90 Å². The molecule has 106 valence electrons. The predicted octanol–water partition coefficient (Wildman–Crippen LogP) is 1.15. The standard InChI is InChI=1S/C11H19F3N2O2/c1-10(15,11(12,13)14)9(17)16(2)6-8-4-3-5-18-7-8/h8H,3-7,15H2,1-2H3. The summed E-state index contributed by atoms with van der Waals surface area (Å²) in [5.41, 5.74) is 2.26. The van der Waals surface area contributed by atoms with Crippen molar-refractivity contribution in [1.29, 1.82) is 0 Å². The van der Waals surface area contributed by atoms with Crippen molar-refractivity contribution in [2.45, 2.75) is 31.5 Å². The van der Waals surface area contributed by atoms with Gasteiger partial charge in [0.2, 0.25) is 0 Å². The second-order valence-electron chi connectivity index (χ2n) is 4.97. The van der Waals surface area contributed by atoms with Crippen LogP contribution in [0.15, 0.2) is 0 Å². The summed E-state index contributed by atoms with van der Waals surface area (Å²) in [6.45, 7) is 2.08. The molecule has 0 aliphatic carbocycles. The summed E-state index contributed by atoms with van der Waals surface area (Å²) in [5.74, 6) is -1.03. The van der Waals surface area contributed by atoms with E-state index in [2.05, 4.69) is 0 Å². The van der Waals surface area contributed by atoms with Crippen molar-refractivity contribution in [3.05, 3.63) is 0 Å². The van der Waals surface area contributed by atoms with Gasteiger partial charge in [0.1, 0.15) is 0 Å². The molecule has 0 spiro atoms. The molecule has 0 aromatic rings. The lowest BCUT2D eigenvalue weighted by atomic mass is 9.98. The van der Waals surface area contributed by atoms with E-state index in [0.29, 0.717) is 20.1 Å². The number of carbonyl (C=O) groups excluding carboxylic acids is 1. The van der Waals surface area contributed by atoms with Crippen LogP contribution in [0.4, 0.5) is 13.2 Å². The van der Waals surface area contributed by atoms with Crippen molar-refractivity contribution in [3.8, 4) is 0 Å². The molecule has 0 aromatic heterocycles. The van der Waals surface area contributed by atoms with E-state index in [1.165, 1.54) is 7.05 Å². The van der Waals surface area contributed by atoms with E-state index in [1.54, 1.807) is 0 Å². The van der Waals surface area contributed by atoms with Crippen molar-refractivity contribution in [2.24, 2.45) is 11.7 Å². The Balaban J connectivity index is 2.60. The molecule has 2 N–H and O–H groups in total. The van der Waals surface area contributed by atoms with Gasteiger partial charge in [0.15, 0.2) is 5.54 Å². The second-order valence-corrected chi connectivity index (χ2v) is 4.97. The van der Waals surface area contributed by atoms with Gasteiger partial charge in [-0.1, -0.05) is 0 Å². The Morgan fingerprint density at radius 3 is 2.56 bits per heavy atom. The number of amides is 1. The maximum Gasteiger partial charge on any atom is 0.415 e. The van der Waals surface area contributed by atoms with Crippen LogP contribution in [0.5, 0.6) is 0 Å². The zero-order valence-electron chi connectivity index (χ0n) is 10.6. The fraction of sp³-hybridized carbons (Fsp3) is 0.909. The topological polar surface area (TPSA) is 55.6 Å². The molecular formula is C11H19F3N2O2. The quantitative estimate of drug-likeness (QED) is 0.835. The van der Waals surface area contributed by atoms with Gasteiger partial charge < -0.3 is 15.4 Å². The minimum Gasteiger partial charge on any atom is -0.381 e. The second kappa shape index (κ2) is 5.44. The molecule has 18 heavy (non-hydrogen) atoms. The van der Waals surface area contributed by atoms with Crippen molar-refractivity contribution < 1.29 is 22.7 Å². The first-order chi connectivity index (χ1) is 8.16. The Labute approximate surface area is 104 Å². The van der Waals surface area contributed by atoms with Gasteiger partial charge in [-0.15, -0.1) is 0 Å². The number of nitrogens with two attached hydrogens (primary N) is 1. The van der Waals surface area contributed by atoms with Gasteiger partial charge in [0.25, 0.3) is 5.91 Å². The summed E-state index contributed by atoms with van der Waals surface area (Å²) in [4.78, 5) is 12.8. The minimum atomic E-state index is -4.75. The Morgan fingerprint density at radius 2 is 2.11 bits per heavy atom. The van der Waals surface area contributed by atoms with E-state index in [9.17, 15) is 18.0 Å². The van der Waals surface area contributed by atoms with Crippen LogP contribution in [0.25, 0.3) is 0 Å². The fourth-order valence-corrected chi connectivity index (χ4v) is 1.94. The molecular weight excluding hydrogens is 249 g/mol. The first-order valence-corrected chi connectivity index (χ1v) is 5.85. The van der Waals surface area contributed by atoms with Crippen LogP contribution in [0.3, 0.4) is 0 Å². The van der Waals surface area contributed by atoms with Gasteiger partial charge in [0, 0.05) is 20.2 Å². The molecule has 1 rings (SSSR count). The first kappa shape index (κ1) is 15.2. The van der Waals surface area contributed by atoms with E-state index >= 15 is 0 Å². The van der Waals surface area contributed by atoms with Crippen LogP contribution >= 0.6 is 0 Å². The van der Waals surface area contributed by atoms with Gasteiger partial charge in [-0.2, -0.15) is 13.2 Å². The van der Waals surface area contributed by atoms with E-state index < -0.39 is 17.6 Å². The van der Waals surface area contributed by atoms with Crippen LogP contribution in [-0.2, 0) is 9.53 Å². The smallest absolute Gasteiger partial charge is 0.381 e. The van der Waals surface area contributed by atoms with Crippen molar-refractivity contribution >= 4 is 5.91 Å². The van der Waals surface area contributed by atoms with Gasteiger partial charge in [0.05, 0.1) is 6.61 Å². The van der Waals surface area contributed by atoms with Crippen molar-refractivity contribution in [2.75, 3.05) is 26.8 Å². The Morgan fingerprint density at radius 1 is 1.50 bits per heavy atom. The van der Waals surface area contributed by atoms with Gasteiger partial charge in [-0.05, 0) is 25.7 Å². The Bertz CT molecular complexity index is 299. The highest BCUT2D eigenvalue weighted by molar-refractivity contribution is 5.86. The molecule has 1 aliphatic heterocycles. The normalized spacial score (nSPS) is 24.4. The van der Waals surface area contributed by atoms with Gasteiger partial charge in [-0.25, -0.2) is 0 Å². The minimum absolute atomic E-state index is 0.0803. The first-order valence-electron chi connectivity index (χ1n) is 5.85. The predicted molar refractivity (Wildman–Crippen MR) is 59.8 cm³/mol. The molecule has 0 aromatic carbocycles. The average Bonchev–Trinajstić information content (AvgIpc) is 2.27. The zero-order chi connectivity index (χ0) is 14.0. The lowest BCUT2D eigenvalue weighted by molar-refractivity contribution is -0.193. The average molecular weight is 268 g/mol. The molecule has 0 saturated carbocycles. The molecule has 1 saturated heterocycles. The summed E-state index contributed by atoms with van der Waals surface area (Å²) in [6.07, 6.45) is -3.03. The van der Waals surface area contributed by atoms with E-state index in [0.717, 1.165) is 17.7 Å². The third kappa shape index (κ3) is 3.35. The van der Waals surface area contributed by atoms with Crippen LogP contribution in [-0.4, -0.2) is 49.3 Å². The highest BCUT2D eigenvalue weighted by Crippen LogP contribution is 2.29. The fourth-order valence-electron chi connectivity index (χ4n) is 1.94. The van der Waals surface area contributed by atoms with Gasteiger partial charge in [-0.3, -0.25) is 4.79 Å². The highest BCUT2D eigenvalue weighted by atomic mass is 19.4. The number of hydrogen-bond donors (Lipinski definition) is 1. The largest absolute Gasteiger partial charge is 0.415 e. The summed E-state index contributed by atoms with van der Waals surface area (Å²) in [7, 11) is 1.34. The monoisotopic (exact) mass is 268 g/mol. The van der Waals surface area contributed by atoms with E-state index in [1.807, 2.05) is 0 Å². The molecule has 1 fully saturated rings. The number of carbonyl (C=O) groups is 1. The lowest BCUT2D eigenvalue weighted by Gasteiger charge is -2.33. The molecule has 1 aliphatic rings. The maximum absolute atomic E-state index is 12.6. The molecule has 4 nitrogen and oxygen atoms in total. The lowest BCUT2D eigenvalue weighted by Crippen LogP contribution is -2.62. The summed E-state index contributed by atoms with van der Waals surface area (Å²) in [6, 6.07) is 0. The zero-order valence-corrected chi connectivity index (χ0v) is 10.6. The van der Waals surface area contributed by atoms with Crippen LogP contribution in [0.1, 0.15) is 19.8 Å². The van der Waals surface area contributed by atoms with E-state index in [-0.39, 0.29) is 12.5 Å². The van der Waals surface area contributed by atoms with Crippen LogP contribution < -0.4 is 5.73 Å². The number of likely N-dealkylation sites (N-methyl/N-ethyl adjacent to an activating group) is 1. The molecule has 1 amide bonds. The summed E-state index contributed by atoms with van der Waals surface area (Å²) in [5, 5.41) is 0. The molecule has 2 unspecified atom stereocenters. The van der Waals surface area contributed by atoms with Crippen molar-refractivity contribution in [3.63, 3.8) is 0 Å². The number of halogens is 3. The maximum atomic E-state index is 12.6. The van der Waals surface area contributed by atoms with Crippen LogP contribution in [0.2, 0.25) is 0 Å². The summed E-state index contributed by atoms with van der Waals surface area (Å²) >= 11 is 0. The molecule has 0 radical (unpaired) electrons. The van der Waals surface area contributed by atoms with E-state index in [4.69, 9.17) is 10.5 Å². The number of hydrogen-bond acceptors (Lipinski definition) is 3. The van der Waals surface area contributed by atoms with Gasteiger partial charge >= 0.3 is 6.18 Å². The Hall–Kier alpha value is -0.820. The molecule has 7 heteroatoms. The number of rotatable bonds is 3. The Kier molecular flexibility index (Phi) is 4.61. The summed E-state index contributed by atoms with van der Waals surface area (Å²) < 4.78 is 43.1. The van der Waals surface area contributed by atoms with Crippen LogP contribution in [0, 0.1) is 5.92 Å².